The van der Waals surface area contributed by atoms with E-state index in [0.29, 0.717) is 12.0 Å². The molecule has 1 atom stereocenters. The summed E-state index contributed by atoms with van der Waals surface area (Å²) in [6.07, 6.45) is 3.84. The largest absolute Gasteiger partial charge is 0.497 e. The molecule has 0 N–H and O–H groups in total. The summed E-state index contributed by atoms with van der Waals surface area (Å²) in [5, 5.41) is 0. The van der Waals surface area contributed by atoms with E-state index >= 15 is 0 Å². The molecule has 0 amide bonds. The third-order valence-corrected chi connectivity index (χ3v) is 5.16. The second-order valence-electron chi connectivity index (χ2n) is 6.57. The molecule has 0 aliphatic carbocycles. The van der Waals surface area contributed by atoms with E-state index in [4.69, 9.17) is 9.47 Å². The molecule has 2 aromatic carbocycles. The second-order valence-corrected chi connectivity index (χ2v) is 6.57. The Bertz CT molecular complexity index is 588. The molecule has 1 heterocycles. The molecular weight excluding hydrogens is 298 g/mol. The van der Waals surface area contributed by atoms with Gasteiger partial charge in [-0.2, -0.15) is 0 Å². The molecule has 3 rings (SSSR count). The number of nitrogens with zero attached hydrogens (tertiary/aromatic N) is 1. The molecule has 1 aliphatic rings. The first-order valence-corrected chi connectivity index (χ1v) is 8.71. The van der Waals surface area contributed by atoms with E-state index in [1.54, 1.807) is 14.2 Å². The van der Waals surface area contributed by atoms with Gasteiger partial charge in [-0.15, -0.1) is 0 Å². The molecule has 1 aliphatic heterocycles. The fraction of sp³-hybridized carbons (Fsp3) is 0.429. The van der Waals surface area contributed by atoms with Crippen molar-refractivity contribution in [3.05, 3.63) is 59.7 Å². The van der Waals surface area contributed by atoms with Crippen molar-refractivity contribution in [1.82, 2.24) is 4.90 Å². The molecule has 1 fully saturated rings. The Morgan fingerprint density at radius 2 is 1.33 bits per heavy atom. The van der Waals surface area contributed by atoms with Gasteiger partial charge in [-0.05, 0) is 61.8 Å². The molecule has 0 spiro atoms. The zero-order valence-electron chi connectivity index (χ0n) is 14.9. The summed E-state index contributed by atoms with van der Waals surface area (Å²) in [4.78, 5) is 2.52. The van der Waals surface area contributed by atoms with Gasteiger partial charge in [-0.1, -0.05) is 30.7 Å². The van der Waals surface area contributed by atoms with E-state index in [0.717, 1.165) is 11.5 Å². The van der Waals surface area contributed by atoms with Gasteiger partial charge in [-0.25, -0.2) is 0 Å². The molecule has 0 radical (unpaired) electrons. The molecule has 0 saturated carbocycles. The lowest BCUT2D eigenvalue weighted by Gasteiger charge is -2.38. The molecule has 2 aromatic rings. The molecule has 3 heteroatoms. The average Bonchev–Trinajstić information content (AvgIpc) is 2.64. The van der Waals surface area contributed by atoms with Crippen LogP contribution in [0.25, 0.3) is 0 Å². The smallest absolute Gasteiger partial charge is 0.118 e. The Morgan fingerprint density at radius 3 is 1.75 bits per heavy atom. The minimum absolute atomic E-state index is 0.368. The van der Waals surface area contributed by atoms with E-state index in [1.807, 2.05) is 0 Å². The number of piperidine rings is 1. The van der Waals surface area contributed by atoms with E-state index < -0.39 is 0 Å². The highest BCUT2D eigenvalue weighted by molar-refractivity contribution is 5.39. The van der Waals surface area contributed by atoms with E-state index in [9.17, 15) is 0 Å². The van der Waals surface area contributed by atoms with Crippen LogP contribution in [-0.2, 0) is 0 Å². The van der Waals surface area contributed by atoms with Crippen LogP contribution in [0.4, 0.5) is 0 Å². The minimum Gasteiger partial charge on any atom is -0.497 e. The highest BCUT2D eigenvalue weighted by atomic mass is 16.5. The molecule has 0 aromatic heterocycles. The van der Waals surface area contributed by atoms with Crippen molar-refractivity contribution in [3.8, 4) is 11.5 Å². The monoisotopic (exact) mass is 325 g/mol. The third kappa shape index (κ3) is 3.57. The summed E-state index contributed by atoms with van der Waals surface area (Å²) in [6, 6.07) is 17.6. The van der Waals surface area contributed by atoms with Gasteiger partial charge in [-0.3, -0.25) is 0 Å². The molecule has 128 valence electrons. The van der Waals surface area contributed by atoms with Crippen LogP contribution in [0.2, 0.25) is 0 Å². The minimum atomic E-state index is 0.368. The van der Waals surface area contributed by atoms with Crippen LogP contribution in [0, 0.1) is 0 Å². The normalized spacial score (nSPS) is 18.6. The predicted molar refractivity (Wildman–Crippen MR) is 98.1 cm³/mol. The maximum Gasteiger partial charge on any atom is 0.118 e. The van der Waals surface area contributed by atoms with Crippen LogP contribution in [0.1, 0.15) is 36.3 Å². The summed E-state index contributed by atoms with van der Waals surface area (Å²) >= 11 is 0. The van der Waals surface area contributed by atoms with Crippen LogP contribution < -0.4 is 9.47 Å². The number of likely N-dealkylation sites (tertiary alicyclic amines) is 1. The maximum absolute atomic E-state index is 5.32. The highest BCUT2D eigenvalue weighted by Gasteiger charge is 2.30. The SMILES string of the molecule is COc1ccc(C(c2ccc(OC)cc2)C2CCCCN2C)cc1. The summed E-state index contributed by atoms with van der Waals surface area (Å²) in [6.45, 7) is 1.17. The highest BCUT2D eigenvalue weighted by Crippen LogP contribution is 2.36. The van der Waals surface area contributed by atoms with Gasteiger partial charge in [0.2, 0.25) is 0 Å². The molecule has 3 nitrogen and oxygen atoms in total. The molecule has 24 heavy (non-hydrogen) atoms. The van der Waals surface area contributed by atoms with Gasteiger partial charge < -0.3 is 14.4 Å². The van der Waals surface area contributed by atoms with Crippen molar-refractivity contribution in [2.75, 3.05) is 27.8 Å². The summed E-state index contributed by atoms with van der Waals surface area (Å²) < 4.78 is 10.6. The number of benzene rings is 2. The van der Waals surface area contributed by atoms with Crippen molar-refractivity contribution < 1.29 is 9.47 Å². The number of rotatable bonds is 5. The van der Waals surface area contributed by atoms with Crippen molar-refractivity contribution >= 4 is 0 Å². The maximum atomic E-state index is 5.32. The molecule has 0 bridgehead atoms. The summed E-state index contributed by atoms with van der Waals surface area (Å²) in [5.41, 5.74) is 2.69. The van der Waals surface area contributed by atoms with E-state index in [1.165, 1.54) is 36.9 Å². The number of methoxy groups -OCH3 is 2. The van der Waals surface area contributed by atoms with Gasteiger partial charge in [0.1, 0.15) is 11.5 Å². The van der Waals surface area contributed by atoms with Crippen molar-refractivity contribution in [3.63, 3.8) is 0 Å². The number of hydrogen-bond acceptors (Lipinski definition) is 3. The number of hydrogen-bond donors (Lipinski definition) is 0. The Labute approximate surface area is 145 Å². The zero-order chi connectivity index (χ0) is 16.9. The Hall–Kier alpha value is -2.00. The van der Waals surface area contributed by atoms with Crippen molar-refractivity contribution in [2.45, 2.75) is 31.2 Å². The summed E-state index contributed by atoms with van der Waals surface area (Å²) in [7, 11) is 5.68. The first-order valence-electron chi connectivity index (χ1n) is 8.71. The van der Waals surface area contributed by atoms with Gasteiger partial charge in [0.05, 0.1) is 14.2 Å². The van der Waals surface area contributed by atoms with Gasteiger partial charge in [0, 0.05) is 12.0 Å². The van der Waals surface area contributed by atoms with Crippen LogP contribution in [0.15, 0.2) is 48.5 Å². The topological polar surface area (TPSA) is 21.7 Å². The Balaban J connectivity index is 1.98. The van der Waals surface area contributed by atoms with Gasteiger partial charge in [0.25, 0.3) is 0 Å². The van der Waals surface area contributed by atoms with E-state index in [2.05, 4.69) is 60.5 Å². The number of likely N-dealkylation sites (N-methyl/N-ethyl adjacent to an activating group) is 1. The third-order valence-electron chi connectivity index (χ3n) is 5.16. The molecule has 1 unspecified atom stereocenters. The first-order chi connectivity index (χ1) is 11.7. The lowest BCUT2D eigenvalue weighted by atomic mass is 9.80. The van der Waals surface area contributed by atoms with Gasteiger partial charge >= 0.3 is 0 Å². The van der Waals surface area contributed by atoms with Crippen molar-refractivity contribution in [2.24, 2.45) is 0 Å². The van der Waals surface area contributed by atoms with Crippen molar-refractivity contribution in [1.29, 1.82) is 0 Å². The fourth-order valence-corrected chi connectivity index (χ4v) is 3.78. The Morgan fingerprint density at radius 1 is 0.833 bits per heavy atom. The fourth-order valence-electron chi connectivity index (χ4n) is 3.78. The second kappa shape index (κ2) is 7.71. The van der Waals surface area contributed by atoms with Crippen LogP contribution in [-0.4, -0.2) is 38.8 Å². The first kappa shape index (κ1) is 16.8. The van der Waals surface area contributed by atoms with E-state index in [-0.39, 0.29) is 0 Å². The summed E-state index contributed by atoms with van der Waals surface area (Å²) in [5.74, 6) is 2.18. The quantitative estimate of drug-likeness (QED) is 0.817. The molecular formula is C21H27NO2. The van der Waals surface area contributed by atoms with Crippen LogP contribution in [0.3, 0.4) is 0 Å². The van der Waals surface area contributed by atoms with Crippen LogP contribution >= 0.6 is 0 Å². The van der Waals surface area contributed by atoms with Crippen LogP contribution in [0.5, 0.6) is 11.5 Å². The number of ether oxygens (including phenoxy) is 2. The zero-order valence-corrected chi connectivity index (χ0v) is 14.9. The van der Waals surface area contributed by atoms with Gasteiger partial charge in [0.15, 0.2) is 0 Å². The lowest BCUT2D eigenvalue weighted by molar-refractivity contribution is 0.169. The standard InChI is InChI=1S/C21H27NO2/c1-22-15-5-4-6-20(22)21(16-7-11-18(23-2)12-8-16)17-9-13-19(24-3)14-10-17/h7-14,20-21H,4-6,15H2,1-3H3. The molecule has 1 saturated heterocycles. The Kier molecular flexibility index (Phi) is 5.41. The lowest BCUT2D eigenvalue weighted by Crippen LogP contribution is -2.40. The predicted octanol–water partition coefficient (Wildman–Crippen LogP) is 4.32. The average molecular weight is 325 g/mol.